The van der Waals surface area contributed by atoms with Gasteiger partial charge in [-0.2, -0.15) is 0 Å². The first-order valence-electron chi connectivity index (χ1n) is 5.32. The molecule has 5 heteroatoms. The molecule has 0 aliphatic rings. The molecule has 1 N–H and O–H groups in total. The Morgan fingerprint density at radius 2 is 1.94 bits per heavy atom. The van der Waals surface area contributed by atoms with Gasteiger partial charge in [0.1, 0.15) is 5.69 Å². The molecule has 0 unspecified atom stereocenters. The second kappa shape index (κ2) is 4.95. The van der Waals surface area contributed by atoms with Gasteiger partial charge < -0.3 is 10.0 Å². The molecule has 0 bridgehead atoms. The summed E-state index contributed by atoms with van der Waals surface area (Å²) in [4.78, 5) is 28.3. The molecule has 0 aliphatic carbocycles. The molecule has 1 heterocycles. The molecule has 5 nitrogen and oxygen atoms in total. The number of hydrogen-bond donors (Lipinski definition) is 1. The third kappa shape index (κ3) is 2.81. The van der Waals surface area contributed by atoms with Crippen LogP contribution < -0.4 is 0 Å². The standard InChI is InChI=1S/C12H16N2O3/c1-7(2)14(4)11(15)10-6-5-9(12(16)17)8(3)13-10/h5-7H,1-4H3,(H,16,17). The highest BCUT2D eigenvalue weighted by Gasteiger charge is 2.17. The minimum absolute atomic E-state index is 0.0729. The monoisotopic (exact) mass is 236 g/mol. The minimum atomic E-state index is -1.04. The van der Waals surface area contributed by atoms with Crippen LogP contribution in [0.3, 0.4) is 0 Å². The lowest BCUT2D eigenvalue weighted by Crippen LogP contribution is -2.33. The van der Waals surface area contributed by atoms with E-state index in [1.54, 1.807) is 18.9 Å². The first-order valence-corrected chi connectivity index (χ1v) is 5.32. The van der Waals surface area contributed by atoms with Gasteiger partial charge in [0.15, 0.2) is 0 Å². The highest BCUT2D eigenvalue weighted by atomic mass is 16.4. The molecule has 0 spiro atoms. The second-order valence-corrected chi connectivity index (χ2v) is 4.14. The quantitative estimate of drug-likeness (QED) is 0.864. The Balaban J connectivity index is 3.06. The molecule has 0 saturated carbocycles. The van der Waals surface area contributed by atoms with Crippen molar-refractivity contribution in [1.82, 2.24) is 9.88 Å². The van der Waals surface area contributed by atoms with E-state index in [0.29, 0.717) is 5.69 Å². The Hall–Kier alpha value is -1.91. The van der Waals surface area contributed by atoms with E-state index < -0.39 is 5.97 Å². The highest BCUT2D eigenvalue weighted by molar-refractivity contribution is 5.94. The van der Waals surface area contributed by atoms with Crippen molar-refractivity contribution < 1.29 is 14.7 Å². The molecule has 1 aromatic rings. The molecule has 0 aliphatic heterocycles. The summed E-state index contributed by atoms with van der Waals surface area (Å²) in [5.74, 6) is -1.24. The van der Waals surface area contributed by atoms with E-state index in [1.807, 2.05) is 13.8 Å². The number of carboxylic acid groups (broad SMARTS) is 1. The number of hydrogen-bond acceptors (Lipinski definition) is 3. The molecule has 17 heavy (non-hydrogen) atoms. The number of nitrogens with zero attached hydrogens (tertiary/aromatic N) is 2. The van der Waals surface area contributed by atoms with Crippen molar-refractivity contribution in [1.29, 1.82) is 0 Å². The van der Waals surface area contributed by atoms with Crippen LogP contribution in [0, 0.1) is 6.92 Å². The summed E-state index contributed by atoms with van der Waals surface area (Å²) in [6.45, 7) is 5.38. The summed E-state index contributed by atoms with van der Waals surface area (Å²) < 4.78 is 0. The minimum Gasteiger partial charge on any atom is -0.478 e. The summed E-state index contributed by atoms with van der Waals surface area (Å²) in [6.07, 6.45) is 0. The smallest absolute Gasteiger partial charge is 0.337 e. The van der Waals surface area contributed by atoms with Crippen molar-refractivity contribution in [3.05, 3.63) is 29.1 Å². The zero-order chi connectivity index (χ0) is 13.2. The van der Waals surface area contributed by atoms with Crippen LogP contribution in [0.15, 0.2) is 12.1 Å². The molecule has 1 aromatic heterocycles. The Kier molecular flexibility index (Phi) is 3.83. The molecule has 0 saturated heterocycles. The number of carbonyl (C=O) groups excluding carboxylic acids is 1. The maximum atomic E-state index is 11.9. The molecular weight excluding hydrogens is 220 g/mol. The predicted octanol–water partition coefficient (Wildman–Crippen LogP) is 1.57. The molecule has 1 amide bonds. The lowest BCUT2D eigenvalue weighted by atomic mass is 10.1. The lowest BCUT2D eigenvalue weighted by Gasteiger charge is -2.21. The number of rotatable bonds is 3. The molecule has 1 rings (SSSR count). The van der Waals surface area contributed by atoms with Crippen molar-refractivity contribution >= 4 is 11.9 Å². The average Bonchev–Trinajstić information content (AvgIpc) is 2.26. The third-order valence-corrected chi connectivity index (χ3v) is 2.63. The molecular formula is C12H16N2O3. The van der Waals surface area contributed by atoms with E-state index in [2.05, 4.69) is 4.98 Å². The van der Waals surface area contributed by atoms with E-state index in [1.165, 1.54) is 12.1 Å². The number of carbonyl (C=O) groups is 2. The summed E-state index contributed by atoms with van der Waals surface area (Å²) in [7, 11) is 1.69. The fourth-order valence-electron chi connectivity index (χ4n) is 1.32. The van der Waals surface area contributed by atoms with Gasteiger partial charge in [-0.15, -0.1) is 0 Å². The number of amides is 1. The zero-order valence-corrected chi connectivity index (χ0v) is 10.4. The van der Waals surface area contributed by atoms with Gasteiger partial charge in [0, 0.05) is 13.1 Å². The van der Waals surface area contributed by atoms with Gasteiger partial charge in [0.05, 0.1) is 11.3 Å². The topological polar surface area (TPSA) is 70.5 Å². The number of carboxylic acids is 1. The van der Waals surface area contributed by atoms with E-state index >= 15 is 0 Å². The Morgan fingerprint density at radius 3 is 2.35 bits per heavy atom. The van der Waals surface area contributed by atoms with Gasteiger partial charge in [-0.1, -0.05) is 0 Å². The van der Waals surface area contributed by atoms with Crippen LogP contribution in [0.5, 0.6) is 0 Å². The summed E-state index contributed by atoms with van der Waals surface area (Å²) in [5, 5.41) is 8.86. The van der Waals surface area contributed by atoms with E-state index in [9.17, 15) is 9.59 Å². The van der Waals surface area contributed by atoms with Gasteiger partial charge in [-0.3, -0.25) is 4.79 Å². The maximum Gasteiger partial charge on any atom is 0.337 e. The van der Waals surface area contributed by atoms with E-state index in [0.717, 1.165) is 0 Å². The van der Waals surface area contributed by atoms with Crippen LogP contribution in [-0.2, 0) is 0 Å². The van der Waals surface area contributed by atoms with Gasteiger partial charge in [0.25, 0.3) is 5.91 Å². The van der Waals surface area contributed by atoms with Crippen LogP contribution in [-0.4, -0.2) is 40.0 Å². The van der Waals surface area contributed by atoms with Crippen LogP contribution in [0.1, 0.15) is 40.4 Å². The first-order chi connectivity index (χ1) is 7.84. The normalized spacial score (nSPS) is 10.4. The van der Waals surface area contributed by atoms with Crippen LogP contribution in [0.25, 0.3) is 0 Å². The molecule has 0 radical (unpaired) electrons. The molecule has 0 atom stereocenters. The highest BCUT2D eigenvalue weighted by Crippen LogP contribution is 2.09. The van der Waals surface area contributed by atoms with E-state index in [-0.39, 0.29) is 23.2 Å². The Morgan fingerprint density at radius 1 is 1.35 bits per heavy atom. The number of aromatic carboxylic acids is 1. The molecule has 92 valence electrons. The van der Waals surface area contributed by atoms with Crippen LogP contribution >= 0.6 is 0 Å². The van der Waals surface area contributed by atoms with Gasteiger partial charge in [-0.05, 0) is 32.9 Å². The maximum absolute atomic E-state index is 11.9. The third-order valence-electron chi connectivity index (χ3n) is 2.63. The van der Waals surface area contributed by atoms with Crippen molar-refractivity contribution in [3.63, 3.8) is 0 Å². The van der Waals surface area contributed by atoms with Crippen LogP contribution in [0.2, 0.25) is 0 Å². The lowest BCUT2D eigenvalue weighted by molar-refractivity contribution is 0.0691. The van der Waals surface area contributed by atoms with Crippen molar-refractivity contribution in [3.8, 4) is 0 Å². The largest absolute Gasteiger partial charge is 0.478 e. The Bertz CT molecular complexity index is 455. The number of pyridine rings is 1. The van der Waals surface area contributed by atoms with Crippen LogP contribution in [0.4, 0.5) is 0 Å². The summed E-state index contributed by atoms with van der Waals surface area (Å²) in [5.41, 5.74) is 0.734. The molecule has 0 aromatic carbocycles. The SMILES string of the molecule is Cc1nc(C(=O)N(C)C(C)C)ccc1C(=O)O. The Labute approximate surface area is 100 Å². The van der Waals surface area contributed by atoms with Crippen molar-refractivity contribution in [2.45, 2.75) is 26.8 Å². The van der Waals surface area contributed by atoms with Gasteiger partial charge in [0.2, 0.25) is 0 Å². The zero-order valence-electron chi connectivity index (χ0n) is 10.4. The number of aromatic nitrogens is 1. The summed E-state index contributed by atoms with van der Waals surface area (Å²) >= 11 is 0. The van der Waals surface area contributed by atoms with Crippen molar-refractivity contribution in [2.24, 2.45) is 0 Å². The fourth-order valence-corrected chi connectivity index (χ4v) is 1.32. The van der Waals surface area contributed by atoms with Gasteiger partial charge in [-0.25, -0.2) is 9.78 Å². The number of aryl methyl sites for hydroxylation is 1. The molecule has 0 fully saturated rings. The van der Waals surface area contributed by atoms with Crippen molar-refractivity contribution in [2.75, 3.05) is 7.05 Å². The predicted molar refractivity (Wildman–Crippen MR) is 63.2 cm³/mol. The first kappa shape index (κ1) is 13.2. The fraction of sp³-hybridized carbons (Fsp3) is 0.417. The van der Waals surface area contributed by atoms with Gasteiger partial charge >= 0.3 is 5.97 Å². The second-order valence-electron chi connectivity index (χ2n) is 4.14. The summed E-state index contributed by atoms with van der Waals surface area (Å²) in [6, 6.07) is 2.92. The average molecular weight is 236 g/mol. The van der Waals surface area contributed by atoms with E-state index in [4.69, 9.17) is 5.11 Å².